The van der Waals surface area contributed by atoms with E-state index in [9.17, 15) is 18.3 Å². The van der Waals surface area contributed by atoms with Crippen molar-refractivity contribution in [3.8, 4) is 16.3 Å². The van der Waals surface area contributed by atoms with Crippen LogP contribution >= 0.6 is 22.7 Å². The average Bonchev–Trinajstić information content (AvgIpc) is 3.44. The summed E-state index contributed by atoms with van der Waals surface area (Å²) in [6.07, 6.45) is -4.96. The predicted molar refractivity (Wildman–Crippen MR) is 149 cm³/mol. The molecule has 0 aliphatic carbocycles. The number of thiazole rings is 2. The number of β-amino-alcohol motifs (C(OH)–C–C–N with tert-alkyl or cyclic N) is 1. The maximum absolute atomic E-state index is 12.9. The molecule has 0 amide bonds. The van der Waals surface area contributed by atoms with Gasteiger partial charge in [-0.3, -0.25) is 9.80 Å². The van der Waals surface area contributed by atoms with Gasteiger partial charge in [0.05, 0.1) is 26.5 Å². The third-order valence-corrected chi connectivity index (χ3v) is 9.06. The fourth-order valence-electron chi connectivity index (χ4n) is 4.82. The summed E-state index contributed by atoms with van der Waals surface area (Å²) in [5.74, 6) is 0.709. The summed E-state index contributed by atoms with van der Waals surface area (Å²) in [6.45, 7) is 10.1. The number of ether oxygens (including phenoxy) is 1. The molecule has 2 aromatic heterocycles. The van der Waals surface area contributed by atoms with Crippen molar-refractivity contribution in [3.63, 3.8) is 0 Å². The lowest BCUT2D eigenvalue weighted by Gasteiger charge is -2.40. The second kappa shape index (κ2) is 11.5. The summed E-state index contributed by atoms with van der Waals surface area (Å²) >= 11 is 3.18. The first-order valence-electron chi connectivity index (χ1n) is 12.8. The van der Waals surface area contributed by atoms with Crippen LogP contribution in [-0.2, 0) is 12.7 Å². The summed E-state index contributed by atoms with van der Waals surface area (Å²) in [6, 6.07) is 11.3. The molecule has 4 aromatic rings. The second-order valence-corrected chi connectivity index (χ2v) is 12.3. The number of aromatic nitrogens is 2. The summed E-state index contributed by atoms with van der Waals surface area (Å²) < 4.78 is 45.7. The minimum Gasteiger partial charge on any atom is -0.491 e. The molecule has 5 rings (SSSR count). The van der Waals surface area contributed by atoms with Gasteiger partial charge in [-0.05, 0) is 45.0 Å². The van der Waals surface area contributed by atoms with Crippen LogP contribution in [-0.4, -0.2) is 69.8 Å². The number of aliphatic hydroxyl groups is 1. The third-order valence-electron chi connectivity index (χ3n) is 6.92. The van der Waals surface area contributed by atoms with Crippen molar-refractivity contribution in [1.29, 1.82) is 0 Å². The molecule has 2 atom stereocenters. The van der Waals surface area contributed by atoms with Crippen LogP contribution in [0.4, 0.5) is 13.2 Å². The zero-order valence-corrected chi connectivity index (χ0v) is 23.7. The lowest BCUT2D eigenvalue weighted by atomic mass is 10.1. The molecule has 0 unspecified atom stereocenters. The Morgan fingerprint density at radius 3 is 2.56 bits per heavy atom. The fourth-order valence-corrected chi connectivity index (χ4v) is 6.73. The van der Waals surface area contributed by atoms with E-state index in [2.05, 4.69) is 26.7 Å². The Kier molecular flexibility index (Phi) is 8.25. The van der Waals surface area contributed by atoms with Crippen LogP contribution in [0, 0.1) is 13.8 Å². The van der Waals surface area contributed by atoms with Gasteiger partial charge in [-0.2, -0.15) is 13.2 Å². The van der Waals surface area contributed by atoms with E-state index in [0.717, 1.165) is 69.1 Å². The molecule has 0 radical (unpaired) electrons. The summed E-state index contributed by atoms with van der Waals surface area (Å²) in [5.41, 5.74) is 1.86. The van der Waals surface area contributed by atoms with Gasteiger partial charge in [-0.15, -0.1) is 22.7 Å². The number of nitrogens with zero attached hydrogens (tertiary/aromatic N) is 4. The molecule has 1 aliphatic rings. The van der Waals surface area contributed by atoms with Crippen molar-refractivity contribution >= 4 is 32.9 Å². The van der Waals surface area contributed by atoms with E-state index in [-0.39, 0.29) is 12.6 Å². The van der Waals surface area contributed by atoms with Crippen LogP contribution in [0.2, 0.25) is 0 Å². The van der Waals surface area contributed by atoms with Gasteiger partial charge in [0.1, 0.15) is 23.5 Å². The predicted octanol–water partition coefficient (Wildman–Crippen LogP) is 6.00. The van der Waals surface area contributed by atoms with Crippen molar-refractivity contribution in [2.24, 2.45) is 0 Å². The number of aryl methyl sites for hydroxylation is 2. The molecule has 0 spiro atoms. The molecule has 6 nitrogen and oxygen atoms in total. The molecule has 1 fully saturated rings. The molecule has 39 heavy (non-hydrogen) atoms. The summed E-state index contributed by atoms with van der Waals surface area (Å²) in [5, 5.41) is 12.4. The highest BCUT2D eigenvalue weighted by molar-refractivity contribution is 7.18. The fraction of sp³-hybridized carbons (Fsp3) is 0.429. The number of hydrogen-bond acceptors (Lipinski definition) is 8. The Morgan fingerprint density at radius 2 is 1.85 bits per heavy atom. The Balaban J connectivity index is 1.12. The number of hydrogen-bond donors (Lipinski definition) is 1. The van der Waals surface area contributed by atoms with Crippen LogP contribution in [0.5, 0.6) is 5.75 Å². The van der Waals surface area contributed by atoms with E-state index >= 15 is 0 Å². The standard InChI is InChI=1S/C28H31F3N4O2S2/c1-17-13-34(15-26-18(2)32-27(39-26)20-4-6-21(7-5-20)28(29,30)31)10-11-35(17)14-22(36)16-37-23-8-9-25-24(12-23)33-19(3)38-25/h4-9,12,17,22,36H,10-11,13-16H2,1-3H3/t17-,22-/m0/s1. The largest absolute Gasteiger partial charge is 0.491 e. The Bertz CT molecular complexity index is 1420. The van der Waals surface area contributed by atoms with Crippen molar-refractivity contribution in [1.82, 2.24) is 19.8 Å². The first-order valence-corrected chi connectivity index (χ1v) is 14.5. The lowest BCUT2D eigenvalue weighted by Crippen LogP contribution is -2.53. The maximum atomic E-state index is 12.9. The van der Waals surface area contributed by atoms with Crippen LogP contribution in [0.25, 0.3) is 20.8 Å². The molecule has 11 heteroatoms. The van der Waals surface area contributed by atoms with E-state index in [4.69, 9.17) is 4.74 Å². The third kappa shape index (κ3) is 6.78. The van der Waals surface area contributed by atoms with E-state index in [1.165, 1.54) is 23.5 Å². The topological polar surface area (TPSA) is 61.7 Å². The highest BCUT2D eigenvalue weighted by Gasteiger charge is 2.30. The molecule has 1 aliphatic heterocycles. The zero-order valence-electron chi connectivity index (χ0n) is 22.0. The molecule has 208 valence electrons. The molecule has 0 saturated carbocycles. The van der Waals surface area contributed by atoms with Crippen LogP contribution in [0.15, 0.2) is 42.5 Å². The Labute approximate surface area is 233 Å². The van der Waals surface area contributed by atoms with Crippen molar-refractivity contribution in [3.05, 3.63) is 63.6 Å². The molecule has 1 saturated heterocycles. The maximum Gasteiger partial charge on any atom is 0.416 e. The number of benzene rings is 2. The minimum atomic E-state index is -4.35. The lowest BCUT2D eigenvalue weighted by molar-refractivity contribution is -0.137. The van der Waals surface area contributed by atoms with Crippen LogP contribution < -0.4 is 4.74 Å². The molecular formula is C28H31F3N4O2S2. The Hall–Kier alpha value is -2.57. The zero-order chi connectivity index (χ0) is 27.7. The molecule has 1 N–H and O–H groups in total. The van der Waals surface area contributed by atoms with E-state index in [1.54, 1.807) is 11.3 Å². The first kappa shape index (κ1) is 28.0. The number of fused-ring (bicyclic) bond motifs is 1. The number of aliphatic hydroxyl groups excluding tert-OH is 1. The van der Waals surface area contributed by atoms with E-state index in [0.29, 0.717) is 17.9 Å². The van der Waals surface area contributed by atoms with E-state index < -0.39 is 17.8 Å². The van der Waals surface area contributed by atoms with Gasteiger partial charge >= 0.3 is 6.18 Å². The normalized spacial score (nSPS) is 18.1. The van der Waals surface area contributed by atoms with Crippen LogP contribution in [0.1, 0.15) is 28.1 Å². The number of halogens is 3. The minimum absolute atomic E-state index is 0.217. The van der Waals surface area contributed by atoms with Gasteiger partial charge in [0.25, 0.3) is 0 Å². The number of alkyl halides is 3. The SMILES string of the molecule is Cc1nc2cc(OC[C@@H](O)CN3CCN(Cc4sc(-c5ccc(C(F)(F)F)cc5)nc4C)C[C@@H]3C)ccc2s1. The van der Waals surface area contributed by atoms with Crippen molar-refractivity contribution in [2.75, 3.05) is 32.8 Å². The first-order chi connectivity index (χ1) is 18.5. The summed E-state index contributed by atoms with van der Waals surface area (Å²) in [7, 11) is 0. The number of rotatable bonds is 8. The van der Waals surface area contributed by atoms with Gasteiger partial charge in [0, 0.05) is 55.3 Å². The molecular weight excluding hydrogens is 545 g/mol. The van der Waals surface area contributed by atoms with Gasteiger partial charge in [-0.1, -0.05) is 12.1 Å². The smallest absolute Gasteiger partial charge is 0.416 e. The van der Waals surface area contributed by atoms with Crippen molar-refractivity contribution < 1.29 is 23.0 Å². The van der Waals surface area contributed by atoms with Gasteiger partial charge in [-0.25, -0.2) is 9.97 Å². The number of piperazine rings is 1. The highest BCUT2D eigenvalue weighted by atomic mass is 32.1. The second-order valence-electron chi connectivity index (χ2n) is 10.0. The molecule has 2 aromatic carbocycles. The van der Waals surface area contributed by atoms with Gasteiger partial charge in [0.15, 0.2) is 0 Å². The van der Waals surface area contributed by atoms with Crippen LogP contribution in [0.3, 0.4) is 0 Å². The monoisotopic (exact) mass is 576 g/mol. The summed E-state index contributed by atoms with van der Waals surface area (Å²) in [4.78, 5) is 14.9. The Morgan fingerprint density at radius 1 is 1.08 bits per heavy atom. The van der Waals surface area contributed by atoms with Gasteiger partial charge < -0.3 is 9.84 Å². The van der Waals surface area contributed by atoms with E-state index in [1.807, 2.05) is 32.0 Å². The average molecular weight is 577 g/mol. The quantitative estimate of drug-likeness (QED) is 0.278. The van der Waals surface area contributed by atoms with Gasteiger partial charge in [0.2, 0.25) is 0 Å². The molecule has 0 bridgehead atoms. The highest BCUT2D eigenvalue weighted by Crippen LogP contribution is 2.33. The van der Waals surface area contributed by atoms with Crippen molar-refractivity contribution in [2.45, 2.75) is 45.6 Å². The molecule has 3 heterocycles.